The third-order valence-corrected chi connectivity index (χ3v) is 3.60. The van der Waals surface area contributed by atoms with Crippen LogP contribution in [-0.2, 0) is 22.7 Å². The van der Waals surface area contributed by atoms with Gasteiger partial charge in [0, 0.05) is 17.1 Å². The van der Waals surface area contributed by atoms with Crippen LogP contribution in [-0.4, -0.2) is 13.2 Å². The summed E-state index contributed by atoms with van der Waals surface area (Å²) in [6.07, 6.45) is -0.491. The molecule has 0 radical (unpaired) electrons. The Morgan fingerprint density at radius 2 is 1.86 bits per heavy atom. The number of halogens is 1. The summed E-state index contributed by atoms with van der Waals surface area (Å²) < 4.78 is 11.2. The predicted octanol–water partition coefficient (Wildman–Crippen LogP) is 4.34. The summed E-state index contributed by atoms with van der Waals surface area (Å²) in [5.74, 6) is 0. The molecular formula is C16H16BrNO3. The summed E-state index contributed by atoms with van der Waals surface area (Å²) in [7, 11) is 1.61. The van der Waals surface area contributed by atoms with Crippen LogP contribution in [0.15, 0.2) is 53.0 Å². The number of methoxy groups -OCH3 is 1. The molecule has 2 aromatic carbocycles. The van der Waals surface area contributed by atoms with Gasteiger partial charge < -0.3 is 9.47 Å². The van der Waals surface area contributed by atoms with Gasteiger partial charge in [0.1, 0.15) is 6.61 Å². The zero-order chi connectivity index (χ0) is 15.1. The van der Waals surface area contributed by atoms with E-state index in [9.17, 15) is 4.79 Å². The molecule has 0 saturated carbocycles. The molecule has 0 spiro atoms. The number of anilines is 1. The minimum atomic E-state index is -0.491. The van der Waals surface area contributed by atoms with E-state index in [2.05, 4.69) is 21.2 Å². The largest absolute Gasteiger partial charge is 0.444 e. The monoisotopic (exact) mass is 349 g/mol. The molecule has 4 nitrogen and oxygen atoms in total. The fourth-order valence-electron chi connectivity index (χ4n) is 1.84. The van der Waals surface area contributed by atoms with Crippen molar-refractivity contribution in [3.63, 3.8) is 0 Å². The van der Waals surface area contributed by atoms with Crippen LogP contribution in [0.4, 0.5) is 10.5 Å². The Bertz CT molecular complexity index is 602. The first kappa shape index (κ1) is 15.5. The van der Waals surface area contributed by atoms with Gasteiger partial charge in [-0.3, -0.25) is 5.32 Å². The minimum Gasteiger partial charge on any atom is -0.444 e. The molecule has 110 valence electrons. The van der Waals surface area contributed by atoms with E-state index in [1.165, 1.54) is 0 Å². The molecule has 0 unspecified atom stereocenters. The molecule has 0 aliphatic rings. The molecule has 0 aliphatic carbocycles. The lowest BCUT2D eigenvalue weighted by Crippen LogP contribution is -2.15. The number of benzene rings is 2. The number of hydrogen-bond acceptors (Lipinski definition) is 3. The summed E-state index contributed by atoms with van der Waals surface area (Å²) in [4.78, 5) is 11.9. The Labute approximate surface area is 132 Å². The average molecular weight is 350 g/mol. The Morgan fingerprint density at radius 3 is 2.57 bits per heavy atom. The van der Waals surface area contributed by atoms with Crippen molar-refractivity contribution in [1.82, 2.24) is 0 Å². The molecule has 1 N–H and O–H groups in total. The summed E-state index contributed by atoms with van der Waals surface area (Å²) in [6.45, 7) is 0.635. The smallest absolute Gasteiger partial charge is 0.411 e. The molecular weight excluding hydrogens is 334 g/mol. The molecule has 1 amide bonds. The van der Waals surface area contributed by atoms with E-state index < -0.39 is 6.09 Å². The van der Waals surface area contributed by atoms with Crippen LogP contribution >= 0.6 is 15.9 Å². The first-order chi connectivity index (χ1) is 10.2. The van der Waals surface area contributed by atoms with Gasteiger partial charge in [0.2, 0.25) is 0 Å². The molecule has 0 saturated heterocycles. The van der Waals surface area contributed by atoms with Gasteiger partial charge in [-0.2, -0.15) is 0 Å². The average Bonchev–Trinajstić information content (AvgIpc) is 2.50. The highest BCUT2D eigenvalue weighted by Crippen LogP contribution is 2.25. The third kappa shape index (κ3) is 4.58. The molecule has 2 rings (SSSR count). The van der Waals surface area contributed by atoms with Crippen molar-refractivity contribution in [2.75, 3.05) is 12.4 Å². The van der Waals surface area contributed by atoms with Gasteiger partial charge in [-0.15, -0.1) is 0 Å². The third-order valence-electron chi connectivity index (χ3n) is 2.86. The molecule has 0 heterocycles. The summed E-state index contributed by atoms with van der Waals surface area (Å²) >= 11 is 3.44. The lowest BCUT2D eigenvalue weighted by atomic mass is 10.2. The number of ether oxygens (including phenoxy) is 2. The highest BCUT2D eigenvalue weighted by Gasteiger charge is 2.10. The van der Waals surface area contributed by atoms with E-state index >= 15 is 0 Å². The molecule has 0 aliphatic heterocycles. The second-order valence-electron chi connectivity index (χ2n) is 4.39. The second kappa shape index (κ2) is 7.81. The maximum absolute atomic E-state index is 11.9. The van der Waals surface area contributed by atoms with Gasteiger partial charge in [-0.1, -0.05) is 52.3 Å². The standard InChI is InChI=1S/C16H16BrNO3/c1-20-11-13-14(17)8-5-9-15(13)18-16(19)21-10-12-6-3-2-4-7-12/h2-9H,10-11H2,1H3,(H,18,19). The van der Waals surface area contributed by atoms with Crippen molar-refractivity contribution in [2.24, 2.45) is 0 Å². The molecule has 2 aromatic rings. The van der Waals surface area contributed by atoms with Crippen LogP contribution < -0.4 is 5.32 Å². The minimum absolute atomic E-state index is 0.236. The first-order valence-corrected chi connectivity index (χ1v) is 7.24. The van der Waals surface area contributed by atoms with Gasteiger partial charge in [0.25, 0.3) is 0 Å². The van der Waals surface area contributed by atoms with E-state index in [0.717, 1.165) is 15.6 Å². The van der Waals surface area contributed by atoms with Crippen molar-refractivity contribution >= 4 is 27.7 Å². The Morgan fingerprint density at radius 1 is 1.10 bits per heavy atom. The van der Waals surface area contributed by atoms with Crippen LogP contribution in [0.1, 0.15) is 11.1 Å². The van der Waals surface area contributed by atoms with E-state index in [1.807, 2.05) is 48.5 Å². The first-order valence-electron chi connectivity index (χ1n) is 6.44. The number of carbonyl (C=O) groups excluding carboxylic acids is 1. The van der Waals surface area contributed by atoms with Gasteiger partial charge in [-0.25, -0.2) is 4.79 Å². The van der Waals surface area contributed by atoms with Crippen LogP contribution in [0.2, 0.25) is 0 Å². The molecule has 5 heteroatoms. The fourth-order valence-corrected chi connectivity index (χ4v) is 2.32. The van der Waals surface area contributed by atoms with Crippen molar-refractivity contribution in [1.29, 1.82) is 0 Å². The maximum Gasteiger partial charge on any atom is 0.411 e. The van der Waals surface area contributed by atoms with Crippen molar-refractivity contribution in [3.8, 4) is 0 Å². The molecule has 0 fully saturated rings. The van der Waals surface area contributed by atoms with E-state index in [4.69, 9.17) is 9.47 Å². The van der Waals surface area contributed by atoms with Crippen LogP contribution in [0.3, 0.4) is 0 Å². The molecule has 0 aromatic heterocycles. The summed E-state index contributed by atoms with van der Waals surface area (Å²) in [5.41, 5.74) is 2.49. The van der Waals surface area contributed by atoms with Gasteiger partial charge in [-0.05, 0) is 17.7 Å². The zero-order valence-electron chi connectivity index (χ0n) is 11.6. The highest BCUT2D eigenvalue weighted by molar-refractivity contribution is 9.10. The molecule has 0 atom stereocenters. The summed E-state index contributed by atoms with van der Waals surface area (Å²) in [5, 5.41) is 2.74. The second-order valence-corrected chi connectivity index (χ2v) is 5.24. The van der Waals surface area contributed by atoms with Crippen molar-refractivity contribution in [3.05, 3.63) is 64.1 Å². The molecule has 21 heavy (non-hydrogen) atoms. The Hall–Kier alpha value is -1.85. The zero-order valence-corrected chi connectivity index (χ0v) is 13.2. The van der Waals surface area contributed by atoms with E-state index in [0.29, 0.717) is 12.3 Å². The van der Waals surface area contributed by atoms with Gasteiger partial charge >= 0.3 is 6.09 Å². The number of nitrogens with one attached hydrogen (secondary N) is 1. The Balaban J connectivity index is 1.98. The highest BCUT2D eigenvalue weighted by atomic mass is 79.9. The van der Waals surface area contributed by atoms with Crippen LogP contribution in [0, 0.1) is 0 Å². The Kier molecular flexibility index (Phi) is 5.78. The van der Waals surface area contributed by atoms with Crippen molar-refractivity contribution < 1.29 is 14.3 Å². The quantitative estimate of drug-likeness (QED) is 0.872. The van der Waals surface area contributed by atoms with Crippen LogP contribution in [0.5, 0.6) is 0 Å². The van der Waals surface area contributed by atoms with Gasteiger partial charge in [0.15, 0.2) is 0 Å². The summed E-state index contributed by atoms with van der Waals surface area (Å²) in [6, 6.07) is 15.1. The fraction of sp³-hybridized carbons (Fsp3) is 0.188. The number of amides is 1. The number of rotatable bonds is 5. The topological polar surface area (TPSA) is 47.6 Å². The van der Waals surface area contributed by atoms with E-state index in [-0.39, 0.29) is 6.61 Å². The predicted molar refractivity (Wildman–Crippen MR) is 85.1 cm³/mol. The van der Waals surface area contributed by atoms with Crippen molar-refractivity contribution in [2.45, 2.75) is 13.2 Å². The SMILES string of the molecule is COCc1c(Br)cccc1NC(=O)OCc1ccccc1. The van der Waals surface area contributed by atoms with Gasteiger partial charge in [0.05, 0.1) is 12.3 Å². The normalized spacial score (nSPS) is 10.2. The van der Waals surface area contributed by atoms with E-state index in [1.54, 1.807) is 7.11 Å². The number of hydrogen-bond donors (Lipinski definition) is 1. The van der Waals surface area contributed by atoms with Crippen LogP contribution in [0.25, 0.3) is 0 Å². The maximum atomic E-state index is 11.9. The molecule has 0 bridgehead atoms. The lowest BCUT2D eigenvalue weighted by molar-refractivity contribution is 0.155. The lowest BCUT2D eigenvalue weighted by Gasteiger charge is -2.12. The number of carbonyl (C=O) groups is 1.